The third kappa shape index (κ3) is 2.96. The molecule has 0 fully saturated rings. The molecule has 3 rings (SSSR count). The first-order valence-corrected chi connectivity index (χ1v) is 8.51. The molecule has 2 aromatic carbocycles. The summed E-state index contributed by atoms with van der Waals surface area (Å²) >= 11 is 8.55. The molecule has 1 unspecified atom stereocenters. The highest BCUT2D eigenvalue weighted by molar-refractivity contribution is 9.11. The zero-order chi connectivity index (χ0) is 14.1. The van der Waals surface area contributed by atoms with E-state index in [9.17, 15) is 5.11 Å². The fraction of sp³-hybridized carbons (Fsp3) is 0.133. The van der Waals surface area contributed by atoms with Gasteiger partial charge in [0.1, 0.15) is 0 Å². The van der Waals surface area contributed by atoms with E-state index in [4.69, 9.17) is 0 Å². The van der Waals surface area contributed by atoms with E-state index in [0.717, 1.165) is 29.7 Å². The summed E-state index contributed by atoms with van der Waals surface area (Å²) in [6.07, 6.45) is -0.0450. The molecular weight excluding hydrogens is 402 g/mol. The second-order valence-electron chi connectivity index (χ2n) is 4.46. The third-order valence-electron chi connectivity index (χ3n) is 3.02. The van der Waals surface area contributed by atoms with E-state index in [2.05, 4.69) is 42.9 Å². The molecule has 0 radical (unpaired) electrons. The van der Waals surface area contributed by atoms with Crippen molar-refractivity contribution in [1.29, 1.82) is 0 Å². The van der Waals surface area contributed by atoms with Gasteiger partial charge in [-0.1, -0.05) is 44.0 Å². The van der Waals surface area contributed by atoms with Gasteiger partial charge in [-0.2, -0.15) is 0 Å². The molecule has 20 heavy (non-hydrogen) atoms. The van der Waals surface area contributed by atoms with E-state index in [1.54, 1.807) is 11.3 Å². The Morgan fingerprint density at radius 1 is 1.15 bits per heavy atom. The first-order chi connectivity index (χ1) is 9.63. The van der Waals surface area contributed by atoms with Crippen molar-refractivity contribution in [3.05, 3.63) is 62.0 Å². The molecule has 102 valence electrons. The van der Waals surface area contributed by atoms with Gasteiger partial charge in [-0.15, -0.1) is 11.3 Å². The van der Waals surface area contributed by atoms with Crippen LogP contribution in [0, 0.1) is 0 Å². The Morgan fingerprint density at radius 3 is 2.75 bits per heavy atom. The molecule has 1 atom stereocenters. The van der Waals surface area contributed by atoms with E-state index in [1.807, 2.05) is 36.4 Å². The smallest absolute Gasteiger partial charge is 0.0967 e. The van der Waals surface area contributed by atoms with Crippen LogP contribution in [0.2, 0.25) is 0 Å². The summed E-state index contributed by atoms with van der Waals surface area (Å²) in [4.78, 5) is 4.56. The quantitative estimate of drug-likeness (QED) is 0.649. The number of halogens is 2. The van der Waals surface area contributed by atoms with Crippen molar-refractivity contribution >= 4 is 53.4 Å². The van der Waals surface area contributed by atoms with Crippen molar-refractivity contribution in [3.63, 3.8) is 0 Å². The predicted octanol–water partition coefficient (Wildman–Crippen LogP) is 5.10. The van der Waals surface area contributed by atoms with Crippen LogP contribution in [0.25, 0.3) is 10.2 Å². The molecule has 1 heterocycles. The molecule has 2 nitrogen and oxygen atoms in total. The van der Waals surface area contributed by atoms with Crippen LogP contribution in [0.4, 0.5) is 0 Å². The van der Waals surface area contributed by atoms with Crippen LogP contribution >= 0.6 is 43.2 Å². The number of aliphatic hydroxyl groups excluding tert-OH is 1. The van der Waals surface area contributed by atoms with Gasteiger partial charge in [-0.3, -0.25) is 0 Å². The number of benzene rings is 2. The van der Waals surface area contributed by atoms with Gasteiger partial charge >= 0.3 is 0 Å². The van der Waals surface area contributed by atoms with Crippen molar-refractivity contribution in [2.75, 3.05) is 0 Å². The molecule has 5 heteroatoms. The topological polar surface area (TPSA) is 33.1 Å². The van der Waals surface area contributed by atoms with Crippen LogP contribution in [-0.4, -0.2) is 10.1 Å². The highest BCUT2D eigenvalue weighted by Crippen LogP contribution is 2.31. The number of rotatable bonds is 3. The normalized spacial score (nSPS) is 12.8. The number of para-hydroxylation sites is 1. The molecule has 0 amide bonds. The summed E-state index contributed by atoms with van der Waals surface area (Å²) in [5.74, 6) is 0. The summed E-state index contributed by atoms with van der Waals surface area (Å²) < 4.78 is 3.02. The molecule has 1 N–H and O–H groups in total. The highest BCUT2D eigenvalue weighted by atomic mass is 79.9. The Morgan fingerprint density at radius 2 is 1.95 bits per heavy atom. The molecule has 3 aromatic rings. The minimum Gasteiger partial charge on any atom is -0.388 e. The Bertz CT molecular complexity index is 723. The zero-order valence-electron chi connectivity index (χ0n) is 10.4. The number of hydrogen-bond donors (Lipinski definition) is 1. The van der Waals surface area contributed by atoms with Crippen molar-refractivity contribution < 1.29 is 5.11 Å². The van der Waals surface area contributed by atoms with Crippen LogP contribution in [-0.2, 0) is 6.42 Å². The molecule has 0 saturated carbocycles. The fourth-order valence-electron chi connectivity index (χ4n) is 2.05. The van der Waals surface area contributed by atoms with Gasteiger partial charge in [-0.25, -0.2) is 4.98 Å². The number of fused-ring (bicyclic) bond motifs is 1. The van der Waals surface area contributed by atoms with Crippen molar-refractivity contribution in [2.45, 2.75) is 12.5 Å². The summed E-state index contributed by atoms with van der Waals surface area (Å²) in [5, 5.41) is 11.4. The molecule has 0 aliphatic rings. The summed E-state index contributed by atoms with van der Waals surface area (Å²) in [5.41, 5.74) is 1.87. The van der Waals surface area contributed by atoms with Gasteiger partial charge in [-0.05, 0) is 35.9 Å². The predicted molar refractivity (Wildman–Crippen MR) is 90.1 cm³/mol. The molecule has 0 aliphatic carbocycles. The largest absolute Gasteiger partial charge is 0.388 e. The Balaban J connectivity index is 1.88. The monoisotopic (exact) mass is 411 g/mol. The molecule has 0 saturated heterocycles. The molecular formula is C15H11Br2NOS. The average Bonchev–Trinajstić information content (AvgIpc) is 2.83. The van der Waals surface area contributed by atoms with Gasteiger partial charge in [0, 0.05) is 15.4 Å². The first-order valence-electron chi connectivity index (χ1n) is 6.11. The Kier molecular flexibility index (Phi) is 4.21. The fourth-order valence-corrected chi connectivity index (χ4v) is 3.95. The lowest BCUT2D eigenvalue weighted by Gasteiger charge is -2.11. The molecule has 0 bridgehead atoms. The molecule has 0 aliphatic heterocycles. The van der Waals surface area contributed by atoms with Gasteiger partial charge in [0.05, 0.1) is 21.3 Å². The number of aliphatic hydroxyl groups is 1. The van der Waals surface area contributed by atoms with Crippen molar-refractivity contribution in [2.24, 2.45) is 0 Å². The van der Waals surface area contributed by atoms with Crippen LogP contribution in [0.15, 0.2) is 51.4 Å². The summed E-state index contributed by atoms with van der Waals surface area (Å²) in [6.45, 7) is 0. The maximum atomic E-state index is 10.4. The minimum atomic E-state index is -0.567. The standard InChI is InChI=1S/C15H11Br2NOS/c16-9-5-6-11(17)10(7-9)13(19)8-15-18-12-3-1-2-4-14(12)20-15/h1-7,13,19H,8H2. The van der Waals surface area contributed by atoms with Crippen LogP contribution < -0.4 is 0 Å². The van der Waals surface area contributed by atoms with Gasteiger partial charge < -0.3 is 5.11 Å². The van der Waals surface area contributed by atoms with Crippen LogP contribution in [0.3, 0.4) is 0 Å². The van der Waals surface area contributed by atoms with E-state index >= 15 is 0 Å². The molecule has 0 spiro atoms. The minimum absolute atomic E-state index is 0.522. The van der Waals surface area contributed by atoms with Gasteiger partial charge in [0.15, 0.2) is 0 Å². The lowest BCUT2D eigenvalue weighted by atomic mass is 10.1. The second-order valence-corrected chi connectivity index (χ2v) is 7.35. The maximum Gasteiger partial charge on any atom is 0.0967 e. The second kappa shape index (κ2) is 5.93. The van der Waals surface area contributed by atoms with Crippen molar-refractivity contribution in [1.82, 2.24) is 4.98 Å². The summed E-state index contributed by atoms with van der Waals surface area (Å²) in [7, 11) is 0. The van der Waals surface area contributed by atoms with Crippen molar-refractivity contribution in [3.8, 4) is 0 Å². The van der Waals surface area contributed by atoms with Crippen LogP contribution in [0.1, 0.15) is 16.7 Å². The van der Waals surface area contributed by atoms with Gasteiger partial charge in [0.2, 0.25) is 0 Å². The SMILES string of the molecule is OC(Cc1nc2ccccc2s1)c1cc(Br)ccc1Br. The maximum absolute atomic E-state index is 10.4. The number of aromatic nitrogens is 1. The van der Waals surface area contributed by atoms with Gasteiger partial charge in [0.25, 0.3) is 0 Å². The summed E-state index contributed by atoms with van der Waals surface area (Å²) in [6, 6.07) is 13.8. The van der Waals surface area contributed by atoms with E-state index in [1.165, 1.54) is 0 Å². The lowest BCUT2D eigenvalue weighted by molar-refractivity contribution is 0.177. The highest BCUT2D eigenvalue weighted by Gasteiger charge is 2.15. The molecule has 1 aromatic heterocycles. The number of hydrogen-bond acceptors (Lipinski definition) is 3. The van der Waals surface area contributed by atoms with E-state index in [0.29, 0.717) is 6.42 Å². The Hall–Kier alpha value is -0.750. The number of nitrogens with zero attached hydrogens (tertiary/aromatic N) is 1. The lowest BCUT2D eigenvalue weighted by Crippen LogP contribution is -2.02. The average molecular weight is 413 g/mol. The van der Waals surface area contributed by atoms with E-state index < -0.39 is 6.10 Å². The van der Waals surface area contributed by atoms with E-state index in [-0.39, 0.29) is 0 Å². The van der Waals surface area contributed by atoms with Crippen LogP contribution in [0.5, 0.6) is 0 Å². The first kappa shape index (κ1) is 14.2. The zero-order valence-corrected chi connectivity index (χ0v) is 14.4. The number of thiazole rings is 1. The third-order valence-corrected chi connectivity index (χ3v) is 5.30. The Labute approximate surface area is 137 Å².